The van der Waals surface area contributed by atoms with Crippen LogP contribution in [0, 0.1) is 0 Å². The monoisotopic (exact) mass is 205 g/mol. The molecule has 1 unspecified atom stereocenters. The summed E-state index contributed by atoms with van der Waals surface area (Å²) in [6.45, 7) is 0.0150. The van der Waals surface area contributed by atoms with E-state index in [4.69, 9.17) is 5.73 Å². The van der Waals surface area contributed by atoms with Gasteiger partial charge in [0.15, 0.2) is 0 Å². The van der Waals surface area contributed by atoms with E-state index in [2.05, 4.69) is 5.10 Å². The van der Waals surface area contributed by atoms with Crippen molar-refractivity contribution in [3.63, 3.8) is 0 Å². The van der Waals surface area contributed by atoms with Crippen LogP contribution in [0.15, 0.2) is 42.7 Å². The quantitative estimate of drug-likeness (QED) is 0.830. The van der Waals surface area contributed by atoms with Gasteiger partial charge in [-0.3, -0.25) is 0 Å². The average Bonchev–Trinajstić information content (AvgIpc) is 2.82. The lowest BCUT2D eigenvalue weighted by Crippen LogP contribution is -2.07. The minimum absolute atomic E-state index is 0.0150. The zero-order chi connectivity index (χ0) is 10.7. The molecule has 2 aromatic rings. The van der Waals surface area contributed by atoms with Crippen LogP contribution in [0.2, 0.25) is 0 Å². The normalized spacial score (nSPS) is 12.7. The van der Waals surface area contributed by atoms with Crippen molar-refractivity contribution in [2.75, 3.05) is 6.54 Å². The van der Waals surface area contributed by atoms with Gasteiger partial charge >= 0.3 is 0 Å². The van der Waals surface area contributed by atoms with Crippen molar-refractivity contribution in [3.05, 3.63) is 48.3 Å². The van der Waals surface area contributed by atoms with Gasteiger partial charge < -0.3 is 5.73 Å². The molecule has 1 aromatic heterocycles. The van der Waals surface area contributed by atoms with Crippen LogP contribution in [0.25, 0.3) is 5.69 Å². The zero-order valence-electron chi connectivity index (χ0n) is 8.18. The molecule has 0 amide bonds. The molecule has 0 spiro atoms. The van der Waals surface area contributed by atoms with E-state index in [-0.39, 0.29) is 6.54 Å². The molecule has 78 valence electrons. The number of aromatic nitrogens is 2. The molecule has 4 heteroatoms. The third kappa shape index (κ3) is 2.05. The average molecular weight is 205 g/mol. The van der Waals surface area contributed by atoms with Crippen LogP contribution in [-0.4, -0.2) is 16.3 Å². The first kappa shape index (κ1) is 9.86. The summed E-state index contributed by atoms with van der Waals surface area (Å²) in [5, 5.41) is 4.08. The fourth-order valence-electron chi connectivity index (χ4n) is 1.39. The number of alkyl halides is 1. The van der Waals surface area contributed by atoms with Crippen molar-refractivity contribution in [1.82, 2.24) is 9.78 Å². The van der Waals surface area contributed by atoms with Gasteiger partial charge in [0.2, 0.25) is 0 Å². The van der Waals surface area contributed by atoms with Gasteiger partial charge in [-0.15, -0.1) is 0 Å². The predicted molar refractivity (Wildman–Crippen MR) is 56.5 cm³/mol. The Morgan fingerprint density at radius 1 is 1.33 bits per heavy atom. The minimum atomic E-state index is -1.09. The number of nitrogens with zero attached hydrogens (tertiary/aromatic N) is 2. The summed E-state index contributed by atoms with van der Waals surface area (Å²) in [6, 6.07) is 8.95. The second-order valence-electron chi connectivity index (χ2n) is 3.25. The first-order valence-corrected chi connectivity index (χ1v) is 4.75. The van der Waals surface area contributed by atoms with Crippen molar-refractivity contribution >= 4 is 0 Å². The number of hydrogen-bond acceptors (Lipinski definition) is 2. The number of nitrogens with two attached hydrogens (primary N) is 1. The van der Waals surface area contributed by atoms with Crippen molar-refractivity contribution in [2.45, 2.75) is 6.17 Å². The molecule has 0 saturated carbocycles. The Labute approximate surface area is 87.3 Å². The van der Waals surface area contributed by atoms with Crippen LogP contribution in [0.4, 0.5) is 4.39 Å². The van der Waals surface area contributed by atoms with Crippen LogP contribution in [-0.2, 0) is 0 Å². The fourth-order valence-corrected chi connectivity index (χ4v) is 1.39. The number of benzene rings is 1. The molecular weight excluding hydrogens is 193 g/mol. The third-order valence-electron chi connectivity index (χ3n) is 2.23. The molecule has 0 bridgehead atoms. The standard InChI is InChI=1S/C11H12FN3/c12-11(8-13)9-2-4-10(5-3-9)15-7-1-6-14-15/h1-7,11H,8,13H2. The highest BCUT2D eigenvalue weighted by molar-refractivity contribution is 5.34. The molecule has 1 heterocycles. The highest BCUT2D eigenvalue weighted by atomic mass is 19.1. The van der Waals surface area contributed by atoms with E-state index in [9.17, 15) is 4.39 Å². The summed E-state index contributed by atoms with van der Waals surface area (Å²) < 4.78 is 14.9. The maximum absolute atomic E-state index is 13.2. The Balaban J connectivity index is 2.25. The number of halogens is 1. The van der Waals surface area contributed by atoms with Gasteiger partial charge in [-0.1, -0.05) is 12.1 Å². The molecule has 2 rings (SSSR count). The Morgan fingerprint density at radius 2 is 2.07 bits per heavy atom. The van der Waals surface area contributed by atoms with E-state index >= 15 is 0 Å². The molecule has 0 aliphatic heterocycles. The van der Waals surface area contributed by atoms with Gasteiger partial charge in [0.1, 0.15) is 6.17 Å². The van der Waals surface area contributed by atoms with Gasteiger partial charge in [-0.2, -0.15) is 5.10 Å². The van der Waals surface area contributed by atoms with Crippen LogP contribution < -0.4 is 5.73 Å². The second kappa shape index (κ2) is 4.23. The Hall–Kier alpha value is -1.68. The lowest BCUT2D eigenvalue weighted by Gasteiger charge is -2.06. The largest absolute Gasteiger partial charge is 0.327 e. The number of rotatable bonds is 3. The van der Waals surface area contributed by atoms with Crippen molar-refractivity contribution < 1.29 is 4.39 Å². The molecule has 0 radical (unpaired) electrons. The van der Waals surface area contributed by atoms with E-state index < -0.39 is 6.17 Å². The van der Waals surface area contributed by atoms with Crippen LogP contribution in [0.1, 0.15) is 11.7 Å². The summed E-state index contributed by atoms with van der Waals surface area (Å²) in [7, 11) is 0. The summed E-state index contributed by atoms with van der Waals surface area (Å²) in [5.41, 5.74) is 6.76. The summed E-state index contributed by atoms with van der Waals surface area (Å²) in [5.74, 6) is 0. The number of hydrogen-bond donors (Lipinski definition) is 1. The lowest BCUT2D eigenvalue weighted by atomic mass is 10.1. The lowest BCUT2D eigenvalue weighted by molar-refractivity contribution is 0.353. The van der Waals surface area contributed by atoms with Gasteiger partial charge in [-0.25, -0.2) is 9.07 Å². The van der Waals surface area contributed by atoms with Crippen molar-refractivity contribution in [3.8, 4) is 5.69 Å². The summed E-state index contributed by atoms with van der Waals surface area (Å²) in [4.78, 5) is 0. The summed E-state index contributed by atoms with van der Waals surface area (Å²) in [6.07, 6.45) is 2.45. The van der Waals surface area contributed by atoms with E-state index in [0.717, 1.165) is 5.69 Å². The Kier molecular flexibility index (Phi) is 2.78. The smallest absolute Gasteiger partial charge is 0.137 e. The van der Waals surface area contributed by atoms with E-state index in [1.165, 1.54) is 0 Å². The Bertz CT molecular complexity index is 408. The van der Waals surface area contributed by atoms with Gasteiger partial charge in [0.05, 0.1) is 5.69 Å². The van der Waals surface area contributed by atoms with Crippen molar-refractivity contribution in [2.24, 2.45) is 5.73 Å². The van der Waals surface area contributed by atoms with Gasteiger partial charge in [0, 0.05) is 18.9 Å². The highest BCUT2D eigenvalue weighted by Gasteiger charge is 2.06. The molecule has 0 aliphatic carbocycles. The predicted octanol–water partition coefficient (Wildman–Crippen LogP) is 1.84. The molecule has 15 heavy (non-hydrogen) atoms. The minimum Gasteiger partial charge on any atom is -0.327 e. The maximum atomic E-state index is 13.2. The maximum Gasteiger partial charge on any atom is 0.137 e. The van der Waals surface area contributed by atoms with E-state index in [1.54, 1.807) is 23.0 Å². The van der Waals surface area contributed by atoms with Gasteiger partial charge in [0.25, 0.3) is 0 Å². The Morgan fingerprint density at radius 3 is 2.60 bits per heavy atom. The summed E-state index contributed by atoms with van der Waals surface area (Å²) >= 11 is 0. The first-order chi connectivity index (χ1) is 7.31. The molecule has 0 aliphatic rings. The van der Waals surface area contributed by atoms with Crippen LogP contribution in [0.5, 0.6) is 0 Å². The topological polar surface area (TPSA) is 43.8 Å². The molecule has 3 nitrogen and oxygen atoms in total. The molecule has 2 N–H and O–H groups in total. The van der Waals surface area contributed by atoms with Crippen molar-refractivity contribution in [1.29, 1.82) is 0 Å². The molecule has 0 fully saturated rings. The van der Waals surface area contributed by atoms with Gasteiger partial charge in [-0.05, 0) is 23.8 Å². The van der Waals surface area contributed by atoms with E-state index in [0.29, 0.717) is 5.56 Å². The van der Waals surface area contributed by atoms with Crippen LogP contribution >= 0.6 is 0 Å². The second-order valence-corrected chi connectivity index (χ2v) is 3.25. The zero-order valence-corrected chi connectivity index (χ0v) is 8.18. The third-order valence-corrected chi connectivity index (χ3v) is 2.23. The first-order valence-electron chi connectivity index (χ1n) is 4.75. The van der Waals surface area contributed by atoms with E-state index in [1.807, 2.05) is 24.4 Å². The molecule has 1 atom stereocenters. The van der Waals surface area contributed by atoms with Crippen LogP contribution in [0.3, 0.4) is 0 Å². The highest BCUT2D eigenvalue weighted by Crippen LogP contribution is 2.17. The molecule has 0 saturated heterocycles. The SMILES string of the molecule is NCC(F)c1ccc(-n2cccn2)cc1. The molecular formula is C11H12FN3. The fraction of sp³-hybridized carbons (Fsp3) is 0.182. The molecule has 1 aromatic carbocycles.